The van der Waals surface area contributed by atoms with E-state index in [1.165, 1.54) is 12.8 Å². The summed E-state index contributed by atoms with van der Waals surface area (Å²) in [5.74, 6) is 0.920. The van der Waals surface area contributed by atoms with Gasteiger partial charge in [-0.3, -0.25) is 9.69 Å². The van der Waals surface area contributed by atoms with E-state index in [2.05, 4.69) is 4.90 Å². The highest BCUT2D eigenvalue weighted by Crippen LogP contribution is 2.16. The number of benzene rings is 1. The molecule has 2 heterocycles. The van der Waals surface area contributed by atoms with Crippen LogP contribution in [0.5, 0.6) is 5.75 Å². The summed E-state index contributed by atoms with van der Waals surface area (Å²) >= 11 is 5.85. The summed E-state index contributed by atoms with van der Waals surface area (Å²) in [5, 5.41) is 0.681. The van der Waals surface area contributed by atoms with Crippen LogP contribution in [0.4, 0.5) is 0 Å². The molecule has 1 unspecified atom stereocenters. The zero-order valence-electron chi connectivity index (χ0n) is 14.7. The van der Waals surface area contributed by atoms with Gasteiger partial charge in [-0.25, -0.2) is 0 Å². The van der Waals surface area contributed by atoms with Crippen molar-refractivity contribution >= 4 is 17.5 Å². The maximum atomic E-state index is 12.4. The highest BCUT2D eigenvalue weighted by molar-refractivity contribution is 6.30. The maximum Gasteiger partial charge on any atom is 0.226 e. The monoisotopic (exact) mass is 366 g/mol. The standard InChI is InChI=1S/C19H27ClN2O3/c20-16-4-6-17(7-5-16)25-14-8-19(23)22-10-2-9-21(11-12-22)15-18-3-1-13-24-18/h4-7,18H,1-3,8-15H2. The average molecular weight is 367 g/mol. The Morgan fingerprint density at radius 3 is 2.76 bits per heavy atom. The third kappa shape index (κ3) is 5.87. The van der Waals surface area contributed by atoms with Gasteiger partial charge in [-0.05, 0) is 50.1 Å². The number of rotatable bonds is 6. The molecule has 0 saturated carbocycles. The molecule has 1 amide bonds. The van der Waals surface area contributed by atoms with Crippen LogP contribution in [0.2, 0.25) is 5.02 Å². The van der Waals surface area contributed by atoms with E-state index in [0.717, 1.165) is 51.5 Å². The lowest BCUT2D eigenvalue weighted by molar-refractivity contribution is -0.131. The smallest absolute Gasteiger partial charge is 0.226 e. The molecule has 1 aromatic carbocycles. The number of carbonyl (C=O) groups excluding carboxylic acids is 1. The minimum Gasteiger partial charge on any atom is -0.493 e. The number of amides is 1. The molecule has 0 aliphatic carbocycles. The summed E-state index contributed by atoms with van der Waals surface area (Å²) in [6.45, 7) is 5.91. The summed E-state index contributed by atoms with van der Waals surface area (Å²) in [6.07, 6.45) is 4.16. The SMILES string of the molecule is O=C(CCOc1ccc(Cl)cc1)N1CCCN(CC2CCCO2)CC1. The van der Waals surface area contributed by atoms with Crippen molar-refractivity contribution in [3.05, 3.63) is 29.3 Å². The molecule has 2 saturated heterocycles. The van der Waals surface area contributed by atoms with Crippen molar-refractivity contribution in [2.45, 2.75) is 31.8 Å². The zero-order chi connectivity index (χ0) is 17.5. The molecule has 0 spiro atoms. The fraction of sp³-hybridized carbons (Fsp3) is 0.632. The number of carbonyl (C=O) groups is 1. The van der Waals surface area contributed by atoms with E-state index in [4.69, 9.17) is 21.1 Å². The van der Waals surface area contributed by atoms with Crippen LogP contribution >= 0.6 is 11.6 Å². The van der Waals surface area contributed by atoms with Crippen LogP contribution in [-0.4, -0.2) is 67.7 Å². The van der Waals surface area contributed by atoms with Gasteiger partial charge in [0.15, 0.2) is 0 Å². The molecule has 0 aromatic heterocycles. The molecule has 2 aliphatic rings. The lowest BCUT2D eigenvalue weighted by Gasteiger charge is -2.24. The van der Waals surface area contributed by atoms with Gasteiger partial charge in [-0.1, -0.05) is 11.6 Å². The average Bonchev–Trinajstić information content (AvgIpc) is 3.01. The maximum absolute atomic E-state index is 12.4. The Kier molecular flexibility index (Phi) is 6.96. The van der Waals surface area contributed by atoms with Crippen molar-refractivity contribution in [1.29, 1.82) is 0 Å². The number of ether oxygens (including phenoxy) is 2. The van der Waals surface area contributed by atoms with E-state index in [-0.39, 0.29) is 5.91 Å². The van der Waals surface area contributed by atoms with Crippen LogP contribution in [0.15, 0.2) is 24.3 Å². The van der Waals surface area contributed by atoms with Gasteiger partial charge in [0.25, 0.3) is 0 Å². The van der Waals surface area contributed by atoms with E-state index >= 15 is 0 Å². The van der Waals surface area contributed by atoms with Crippen molar-refractivity contribution in [2.24, 2.45) is 0 Å². The summed E-state index contributed by atoms with van der Waals surface area (Å²) in [6, 6.07) is 7.22. The molecule has 2 aliphatic heterocycles. The fourth-order valence-electron chi connectivity index (χ4n) is 3.42. The molecule has 0 radical (unpaired) electrons. The van der Waals surface area contributed by atoms with E-state index in [0.29, 0.717) is 24.2 Å². The van der Waals surface area contributed by atoms with Gasteiger partial charge in [0.05, 0.1) is 19.1 Å². The van der Waals surface area contributed by atoms with Crippen LogP contribution in [-0.2, 0) is 9.53 Å². The van der Waals surface area contributed by atoms with Crippen LogP contribution in [0.25, 0.3) is 0 Å². The normalized spacial score (nSPS) is 22.0. The van der Waals surface area contributed by atoms with Gasteiger partial charge in [0, 0.05) is 37.8 Å². The molecule has 5 nitrogen and oxygen atoms in total. The van der Waals surface area contributed by atoms with Crippen LogP contribution in [0, 0.1) is 0 Å². The van der Waals surface area contributed by atoms with Crippen LogP contribution in [0.1, 0.15) is 25.7 Å². The number of hydrogen-bond donors (Lipinski definition) is 0. The molecule has 25 heavy (non-hydrogen) atoms. The van der Waals surface area contributed by atoms with Crippen molar-refractivity contribution in [1.82, 2.24) is 9.80 Å². The fourth-order valence-corrected chi connectivity index (χ4v) is 3.55. The Morgan fingerprint density at radius 2 is 2.00 bits per heavy atom. The quantitative estimate of drug-likeness (QED) is 0.776. The van der Waals surface area contributed by atoms with E-state index in [1.54, 1.807) is 12.1 Å². The second kappa shape index (κ2) is 9.41. The first-order valence-corrected chi connectivity index (χ1v) is 9.58. The minimum absolute atomic E-state index is 0.174. The molecular formula is C19H27ClN2O3. The molecule has 3 rings (SSSR count). The topological polar surface area (TPSA) is 42.0 Å². The van der Waals surface area contributed by atoms with Gasteiger partial charge in [0.2, 0.25) is 5.91 Å². The minimum atomic E-state index is 0.174. The highest BCUT2D eigenvalue weighted by atomic mass is 35.5. The second-order valence-corrected chi connectivity index (χ2v) is 7.16. The molecular weight excluding hydrogens is 340 g/mol. The van der Waals surface area contributed by atoms with Crippen LogP contribution < -0.4 is 4.74 Å². The Balaban J connectivity index is 1.37. The van der Waals surface area contributed by atoms with Gasteiger partial charge in [-0.2, -0.15) is 0 Å². The Bertz CT molecular complexity index is 546. The van der Waals surface area contributed by atoms with Gasteiger partial charge < -0.3 is 14.4 Å². The molecule has 0 bridgehead atoms. The third-order valence-electron chi connectivity index (χ3n) is 4.83. The third-order valence-corrected chi connectivity index (χ3v) is 5.08. The first-order valence-electron chi connectivity index (χ1n) is 9.21. The van der Waals surface area contributed by atoms with Crippen molar-refractivity contribution in [3.63, 3.8) is 0 Å². The van der Waals surface area contributed by atoms with E-state index in [1.807, 2.05) is 17.0 Å². The van der Waals surface area contributed by atoms with Gasteiger partial charge in [0.1, 0.15) is 5.75 Å². The van der Waals surface area contributed by atoms with Gasteiger partial charge >= 0.3 is 0 Å². The lowest BCUT2D eigenvalue weighted by Crippen LogP contribution is -2.37. The first kappa shape index (κ1) is 18.5. The molecule has 0 N–H and O–H groups in total. The first-order chi connectivity index (χ1) is 12.2. The van der Waals surface area contributed by atoms with E-state index in [9.17, 15) is 4.79 Å². The Morgan fingerprint density at radius 1 is 1.16 bits per heavy atom. The number of halogens is 1. The predicted octanol–water partition coefficient (Wildman–Crippen LogP) is 2.82. The molecule has 6 heteroatoms. The summed E-state index contributed by atoms with van der Waals surface area (Å²) in [4.78, 5) is 16.8. The van der Waals surface area contributed by atoms with Crippen LogP contribution in [0.3, 0.4) is 0 Å². The van der Waals surface area contributed by atoms with Gasteiger partial charge in [-0.15, -0.1) is 0 Å². The Hall–Kier alpha value is -1.30. The summed E-state index contributed by atoms with van der Waals surface area (Å²) in [7, 11) is 0. The highest BCUT2D eigenvalue weighted by Gasteiger charge is 2.23. The number of hydrogen-bond acceptors (Lipinski definition) is 4. The van der Waals surface area contributed by atoms with E-state index < -0.39 is 0 Å². The van der Waals surface area contributed by atoms with Crippen molar-refractivity contribution < 1.29 is 14.3 Å². The van der Waals surface area contributed by atoms with Crippen molar-refractivity contribution in [2.75, 3.05) is 45.9 Å². The molecule has 138 valence electrons. The number of nitrogens with zero attached hydrogens (tertiary/aromatic N) is 2. The predicted molar refractivity (Wildman–Crippen MR) is 98.2 cm³/mol. The lowest BCUT2D eigenvalue weighted by atomic mass is 10.2. The Labute approximate surface area is 154 Å². The molecule has 1 aromatic rings. The second-order valence-electron chi connectivity index (χ2n) is 6.72. The summed E-state index contributed by atoms with van der Waals surface area (Å²) in [5.41, 5.74) is 0. The largest absolute Gasteiger partial charge is 0.493 e. The molecule has 1 atom stereocenters. The molecule has 2 fully saturated rings. The zero-order valence-corrected chi connectivity index (χ0v) is 15.4. The van der Waals surface area contributed by atoms with Crippen molar-refractivity contribution in [3.8, 4) is 5.75 Å². The summed E-state index contributed by atoms with van der Waals surface area (Å²) < 4.78 is 11.4.